The summed E-state index contributed by atoms with van der Waals surface area (Å²) in [5.41, 5.74) is 1.95. The molecule has 1 N–H and O–H groups in total. The van der Waals surface area contributed by atoms with Crippen LogP contribution in [0.25, 0.3) is 0 Å². The minimum absolute atomic E-state index is 0.00328. The number of sulfonamides is 1. The van der Waals surface area contributed by atoms with E-state index < -0.39 is 28.5 Å². The lowest BCUT2D eigenvalue weighted by molar-refractivity contribution is -0.139. The maximum absolute atomic E-state index is 13.9. The number of aryl methyl sites for hydroxylation is 1. The van der Waals surface area contributed by atoms with Crippen LogP contribution in [0.1, 0.15) is 31.4 Å². The van der Waals surface area contributed by atoms with Crippen molar-refractivity contribution in [2.24, 2.45) is 0 Å². The first-order valence-corrected chi connectivity index (χ1v) is 14.9. The quantitative estimate of drug-likeness (QED) is 0.303. The molecule has 208 valence electrons. The Kier molecular flexibility index (Phi) is 10.8. The molecule has 0 saturated carbocycles. The molecule has 0 aliphatic rings. The van der Waals surface area contributed by atoms with E-state index in [0.717, 1.165) is 15.4 Å². The van der Waals surface area contributed by atoms with Crippen LogP contribution in [0.15, 0.2) is 77.7 Å². The van der Waals surface area contributed by atoms with Gasteiger partial charge in [0.25, 0.3) is 10.0 Å². The van der Waals surface area contributed by atoms with Gasteiger partial charge in [0.05, 0.1) is 20.6 Å². The molecular weight excluding hydrogens is 557 g/mol. The first kappa shape index (κ1) is 30.5. The fraction of sp³-hybridized carbons (Fsp3) is 0.310. The van der Waals surface area contributed by atoms with Crippen LogP contribution < -0.4 is 9.62 Å². The number of carbonyl (C=O) groups excluding carboxylic acids is 2. The Hall–Kier alpha value is -3.07. The van der Waals surface area contributed by atoms with Crippen molar-refractivity contribution >= 4 is 50.7 Å². The molecule has 0 heterocycles. The fourth-order valence-electron chi connectivity index (χ4n) is 4.22. The first-order valence-electron chi connectivity index (χ1n) is 12.7. The number of halogens is 2. The van der Waals surface area contributed by atoms with Crippen LogP contribution in [0.4, 0.5) is 5.69 Å². The zero-order chi connectivity index (χ0) is 28.6. The Balaban J connectivity index is 2.05. The van der Waals surface area contributed by atoms with Crippen molar-refractivity contribution < 1.29 is 18.0 Å². The zero-order valence-electron chi connectivity index (χ0n) is 22.2. The van der Waals surface area contributed by atoms with E-state index in [0.29, 0.717) is 19.4 Å². The van der Waals surface area contributed by atoms with E-state index in [2.05, 4.69) is 5.32 Å². The summed E-state index contributed by atoms with van der Waals surface area (Å²) in [6.07, 6.45) is 0.847. The average Bonchev–Trinajstić information content (AvgIpc) is 2.92. The van der Waals surface area contributed by atoms with Crippen LogP contribution in [0.3, 0.4) is 0 Å². The number of carbonyl (C=O) groups is 2. The van der Waals surface area contributed by atoms with Crippen LogP contribution >= 0.6 is 23.2 Å². The minimum atomic E-state index is -4.23. The normalized spacial score (nSPS) is 12.0. The molecule has 0 aliphatic heterocycles. The Morgan fingerprint density at radius 3 is 2.21 bits per heavy atom. The van der Waals surface area contributed by atoms with Gasteiger partial charge in [0.15, 0.2) is 0 Å². The smallest absolute Gasteiger partial charge is 0.264 e. The number of benzene rings is 3. The summed E-state index contributed by atoms with van der Waals surface area (Å²) >= 11 is 12.7. The molecule has 3 rings (SSSR count). The molecule has 10 heteroatoms. The fourth-order valence-corrected chi connectivity index (χ4v) is 6.10. The van der Waals surface area contributed by atoms with Gasteiger partial charge in [-0.2, -0.15) is 0 Å². The van der Waals surface area contributed by atoms with Gasteiger partial charge in [-0.05, 0) is 56.5 Å². The lowest BCUT2D eigenvalue weighted by atomic mass is 10.1. The second-order valence-electron chi connectivity index (χ2n) is 9.04. The van der Waals surface area contributed by atoms with Gasteiger partial charge in [0.1, 0.15) is 12.6 Å². The number of hydrogen-bond acceptors (Lipinski definition) is 4. The van der Waals surface area contributed by atoms with Gasteiger partial charge in [0, 0.05) is 13.1 Å². The highest BCUT2D eigenvalue weighted by Gasteiger charge is 2.34. The highest BCUT2D eigenvalue weighted by molar-refractivity contribution is 7.92. The van der Waals surface area contributed by atoms with E-state index in [1.807, 2.05) is 44.2 Å². The van der Waals surface area contributed by atoms with Gasteiger partial charge in [-0.25, -0.2) is 8.42 Å². The molecule has 0 aromatic heterocycles. The Labute approximate surface area is 240 Å². The van der Waals surface area contributed by atoms with Crippen LogP contribution in [0.5, 0.6) is 0 Å². The predicted molar refractivity (Wildman–Crippen MR) is 157 cm³/mol. The van der Waals surface area contributed by atoms with Crippen molar-refractivity contribution in [2.75, 3.05) is 23.9 Å². The number of likely N-dealkylation sites (N-methyl/N-ethyl adjacent to an activating group) is 1. The summed E-state index contributed by atoms with van der Waals surface area (Å²) in [6.45, 7) is 5.53. The summed E-state index contributed by atoms with van der Waals surface area (Å²) in [6, 6.07) is 19.8. The maximum atomic E-state index is 13.9. The van der Waals surface area contributed by atoms with E-state index in [-0.39, 0.29) is 33.1 Å². The van der Waals surface area contributed by atoms with Gasteiger partial charge in [-0.1, -0.05) is 84.2 Å². The Bertz CT molecular complexity index is 1380. The van der Waals surface area contributed by atoms with Gasteiger partial charge in [0.2, 0.25) is 11.8 Å². The standard InChI is InChI=1S/C29H33Cl2N3O4S/c1-4-25(29(36)32-5-2)33(19-18-22-10-7-6-8-11-22)27(35)20-34(26-13-9-12-24(30)28(26)31)39(37,38)23-16-14-21(3)15-17-23/h6-17,25H,4-5,18-20H2,1-3H3,(H,32,36)/t25-/m0/s1. The summed E-state index contributed by atoms with van der Waals surface area (Å²) in [4.78, 5) is 28.4. The van der Waals surface area contributed by atoms with Gasteiger partial charge in [-0.15, -0.1) is 0 Å². The molecule has 7 nitrogen and oxygen atoms in total. The minimum Gasteiger partial charge on any atom is -0.355 e. The highest BCUT2D eigenvalue weighted by atomic mass is 35.5. The summed E-state index contributed by atoms with van der Waals surface area (Å²) < 4.78 is 28.8. The second-order valence-corrected chi connectivity index (χ2v) is 11.7. The summed E-state index contributed by atoms with van der Waals surface area (Å²) in [5.74, 6) is -0.828. The molecular formula is C29H33Cl2N3O4S. The predicted octanol–water partition coefficient (Wildman–Crippen LogP) is 5.48. The monoisotopic (exact) mass is 589 g/mol. The van der Waals surface area contributed by atoms with E-state index >= 15 is 0 Å². The first-order chi connectivity index (χ1) is 18.6. The Morgan fingerprint density at radius 2 is 1.59 bits per heavy atom. The average molecular weight is 591 g/mol. The lowest BCUT2D eigenvalue weighted by Crippen LogP contribution is -2.53. The van der Waals surface area contributed by atoms with Crippen molar-refractivity contribution in [3.05, 3.63) is 94.0 Å². The molecule has 0 aliphatic carbocycles. The number of nitrogens with zero attached hydrogens (tertiary/aromatic N) is 2. The van der Waals surface area contributed by atoms with Crippen LogP contribution in [0, 0.1) is 6.92 Å². The number of nitrogens with one attached hydrogen (secondary N) is 1. The molecule has 1 atom stereocenters. The number of rotatable bonds is 12. The molecule has 39 heavy (non-hydrogen) atoms. The van der Waals surface area contributed by atoms with E-state index in [1.165, 1.54) is 23.1 Å². The molecule has 0 unspecified atom stereocenters. The van der Waals surface area contributed by atoms with Gasteiger partial charge < -0.3 is 10.2 Å². The largest absolute Gasteiger partial charge is 0.355 e. The number of anilines is 1. The van der Waals surface area contributed by atoms with Crippen LogP contribution in [-0.4, -0.2) is 50.8 Å². The zero-order valence-corrected chi connectivity index (χ0v) is 24.6. The molecule has 0 radical (unpaired) electrons. The molecule has 3 aromatic rings. The van der Waals surface area contributed by atoms with Crippen molar-refractivity contribution in [3.8, 4) is 0 Å². The Morgan fingerprint density at radius 1 is 0.923 bits per heavy atom. The van der Waals surface area contributed by atoms with Gasteiger partial charge in [-0.3, -0.25) is 13.9 Å². The topological polar surface area (TPSA) is 86.8 Å². The van der Waals surface area contributed by atoms with Crippen LogP contribution in [-0.2, 0) is 26.0 Å². The third-order valence-corrected chi connectivity index (χ3v) is 8.89. The third kappa shape index (κ3) is 7.53. The lowest BCUT2D eigenvalue weighted by Gasteiger charge is -2.33. The van der Waals surface area contributed by atoms with Crippen molar-refractivity contribution in [1.82, 2.24) is 10.2 Å². The van der Waals surface area contributed by atoms with E-state index in [9.17, 15) is 18.0 Å². The molecule has 2 amide bonds. The molecule has 0 spiro atoms. The van der Waals surface area contributed by atoms with Crippen molar-refractivity contribution in [1.29, 1.82) is 0 Å². The van der Waals surface area contributed by atoms with E-state index in [1.54, 1.807) is 31.2 Å². The van der Waals surface area contributed by atoms with Crippen molar-refractivity contribution in [2.45, 2.75) is 44.6 Å². The molecule has 0 fully saturated rings. The maximum Gasteiger partial charge on any atom is 0.264 e. The van der Waals surface area contributed by atoms with Gasteiger partial charge >= 0.3 is 0 Å². The second kappa shape index (κ2) is 13.8. The molecule has 0 saturated heterocycles. The highest BCUT2D eigenvalue weighted by Crippen LogP contribution is 2.35. The number of hydrogen-bond donors (Lipinski definition) is 1. The third-order valence-electron chi connectivity index (χ3n) is 6.31. The van der Waals surface area contributed by atoms with Crippen molar-refractivity contribution in [3.63, 3.8) is 0 Å². The number of amides is 2. The summed E-state index contributed by atoms with van der Waals surface area (Å²) in [7, 11) is -4.23. The van der Waals surface area contributed by atoms with Crippen LogP contribution in [0.2, 0.25) is 10.0 Å². The SMILES string of the molecule is CCNC(=O)[C@H](CC)N(CCc1ccccc1)C(=O)CN(c1cccc(Cl)c1Cl)S(=O)(=O)c1ccc(C)cc1. The molecule has 0 bridgehead atoms. The van der Waals surface area contributed by atoms with E-state index in [4.69, 9.17) is 23.2 Å². The summed E-state index contributed by atoms with van der Waals surface area (Å²) in [5, 5.41) is 2.95. The molecule has 3 aromatic carbocycles.